The van der Waals surface area contributed by atoms with Gasteiger partial charge in [0.05, 0.1) is 11.3 Å². The molecule has 0 unspecified atom stereocenters. The van der Waals surface area contributed by atoms with E-state index in [0.29, 0.717) is 5.56 Å². The fourth-order valence-corrected chi connectivity index (χ4v) is 1.76. The fourth-order valence-electron chi connectivity index (χ4n) is 1.76. The number of hydrogen-bond acceptors (Lipinski definition) is 3. The molecule has 1 N–H and O–H groups in total. The molecule has 0 bridgehead atoms. The van der Waals surface area contributed by atoms with E-state index < -0.39 is 4.92 Å². The van der Waals surface area contributed by atoms with Crippen LogP contribution >= 0.6 is 0 Å². The van der Waals surface area contributed by atoms with Crippen molar-refractivity contribution in [1.29, 1.82) is 0 Å². The average Bonchev–Trinajstić information content (AvgIpc) is 2.41. The molecule has 0 saturated carbocycles. The second kappa shape index (κ2) is 5.82. The van der Waals surface area contributed by atoms with Crippen molar-refractivity contribution < 1.29 is 10.0 Å². The summed E-state index contributed by atoms with van der Waals surface area (Å²) < 4.78 is 0. The molecule has 2 aromatic carbocycles. The summed E-state index contributed by atoms with van der Waals surface area (Å²) in [5.74, 6) is 0.0370. The van der Waals surface area contributed by atoms with Gasteiger partial charge in [-0.1, -0.05) is 48.5 Å². The summed E-state index contributed by atoms with van der Waals surface area (Å²) in [5, 5.41) is 20.7. The number of phenolic OH excluding ortho intramolecular Hbond substituents is 1. The van der Waals surface area contributed by atoms with Gasteiger partial charge < -0.3 is 5.11 Å². The van der Waals surface area contributed by atoms with Gasteiger partial charge in [0, 0.05) is 11.6 Å². The number of hydrogen-bond donors (Lipinski definition) is 1. The van der Waals surface area contributed by atoms with Gasteiger partial charge in [-0.2, -0.15) is 0 Å². The quantitative estimate of drug-likeness (QED) is 0.673. The molecule has 4 heteroatoms. The fraction of sp³-hybridized carbons (Fsp3) is 0.0667. The Hall–Kier alpha value is -2.62. The lowest BCUT2D eigenvalue weighted by Crippen LogP contribution is -2.02. The summed E-state index contributed by atoms with van der Waals surface area (Å²) in [5.41, 5.74) is 1.36. The molecule has 0 aliphatic carbocycles. The van der Waals surface area contributed by atoms with Crippen LogP contribution in [-0.4, -0.2) is 10.0 Å². The van der Waals surface area contributed by atoms with Crippen LogP contribution in [0.3, 0.4) is 0 Å². The van der Waals surface area contributed by atoms with Crippen molar-refractivity contribution in [3.8, 4) is 5.75 Å². The number of aromatic hydroxyl groups is 1. The normalized spacial score (nSPS) is 11.3. The first-order chi connectivity index (χ1) is 9.16. The molecule has 2 aromatic rings. The lowest BCUT2D eigenvalue weighted by atomic mass is 10.1. The molecule has 0 atom stereocenters. The maximum atomic E-state index is 11.1. The van der Waals surface area contributed by atoms with E-state index in [1.54, 1.807) is 18.2 Å². The van der Waals surface area contributed by atoms with Crippen molar-refractivity contribution in [2.75, 3.05) is 0 Å². The van der Waals surface area contributed by atoms with E-state index in [0.717, 1.165) is 5.56 Å². The third-order valence-electron chi connectivity index (χ3n) is 2.72. The van der Waals surface area contributed by atoms with Crippen LogP contribution < -0.4 is 0 Å². The molecule has 0 fully saturated rings. The Morgan fingerprint density at radius 3 is 2.37 bits per heavy atom. The monoisotopic (exact) mass is 255 g/mol. The van der Waals surface area contributed by atoms with Gasteiger partial charge in [-0.3, -0.25) is 10.1 Å². The molecule has 0 aliphatic rings. The van der Waals surface area contributed by atoms with E-state index in [1.165, 1.54) is 12.1 Å². The Balaban J connectivity index is 2.31. The van der Waals surface area contributed by atoms with E-state index in [-0.39, 0.29) is 17.9 Å². The first-order valence-electron chi connectivity index (χ1n) is 5.83. The van der Waals surface area contributed by atoms with E-state index >= 15 is 0 Å². The molecule has 0 aliphatic heterocycles. The second-order valence-corrected chi connectivity index (χ2v) is 4.11. The molecule has 0 aromatic heterocycles. The highest BCUT2D eigenvalue weighted by Gasteiger charge is 2.12. The van der Waals surface area contributed by atoms with Crippen molar-refractivity contribution in [3.63, 3.8) is 0 Å². The molecular weight excluding hydrogens is 242 g/mol. The SMILES string of the molecule is O=[N+]([O-])/C(=C/c1ccccc1O)Cc1ccccc1. The first kappa shape index (κ1) is 12.8. The molecule has 96 valence electrons. The third kappa shape index (κ3) is 3.42. The maximum absolute atomic E-state index is 11.1. The zero-order valence-corrected chi connectivity index (χ0v) is 10.2. The Morgan fingerprint density at radius 1 is 1.11 bits per heavy atom. The first-order valence-corrected chi connectivity index (χ1v) is 5.83. The molecule has 0 amide bonds. The van der Waals surface area contributed by atoms with Crippen molar-refractivity contribution in [2.45, 2.75) is 6.42 Å². The van der Waals surface area contributed by atoms with Crippen LogP contribution in [0, 0.1) is 10.1 Å². The van der Waals surface area contributed by atoms with Gasteiger partial charge in [-0.05, 0) is 11.6 Å². The van der Waals surface area contributed by atoms with E-state index in [2.05, 4.69) is 0 Å². The van der Waals surface area contributed by atoms with Crippen molar-refractivity contribution >= 4 is 6.08 Å². The molecule has 4 nitrogen and oxygen atoms in total. The summed E-state index contributed by atoms with van der Waals surface area (Å²) in [6.07, 6.45) is 1.63. The van der Waals surface area contributed by atoms with E-state index in [4.69, 9.17) is 0 Å². The van der Waals surface area contributed by atoms with Crippen molar-refractivity contribution in [2.24, 2.45) is 0 Å². The standard InChI is InChI=1S/C15H13NO3/c17-15-9-5-4-8-13(15)11-14(16(18)19)10-12-6-2-1-3-7-12/h1-9,11,17H,10H2/b14-11+. The summed E-state index contributed by atoms with van der Waals surface area (Å²) in [7, 11) is 0. The van der Waals surface area contributed by atoms with Crippen LogP contribution in [-0.2, 0) is 6.42 Å². The minimum Gasteiger partial charge on any atom is -0.507 e. The van der Waals surface area contributed by atoms with Crippen LogP contribution in [0.1, 0.15) is 11.1 Å². The molecule has 0 saturated heterocycles. The minimum absolute atomic E-state index is 0.0370. The lowest BCUT2D eigenvalue weighted by Gasteiger charge is -2.01. The summed E-state index contributed by atoms with van der Waals surface area (Å²) >= 11 is 0. The predicted molar refractivity (Wildman–Crippen MR) is 73.2 cm³/mol. The zero-order valence-electron chi connectivity index (χ0n) is 10.2. The van der Waals surface area contributed by atoms with Gasteiger partial charge in [-0.15, -0.1) is 0 Å². The number of phenols is 1. The third-order valence-corrected chi connectivity index (χ3v) is 2.72. The van der Waals surface area contributed by atoms with Crippen LogP contribution in [0.2, 0.25) is 0 Å². The van der Waals surface area contributed by atoms with Crippen LogP contribution in [0.25, 0.3) is 6.08 Å². The molecule has 0 radical (unpaired) electrons. The Kier molecular flexibility index (Phi) is 3.93. The Labute approximate surface area is 110 Å². The molecule has 0 heterocycles. The number of allylic oxidation sites excluding steroid dienone is 1. The Morgan fingerprint density at radius 2 is 1.74 bits per heavy atom. The van der Waals surface area contributed by atoms with E-state index in [9.17, 15) is 15.2 Å². The van der Waals surface area contributed by atoms with E-state index in [1.807, 2.05) is 30.3 Å². The molecular formula is C15H13NO3. The zero-order chi connectivity index (χ0) is 13.7. The summed E-state index contributed by atoms with van der Waals surface area (Å²) in [6, 6.07) is 15.8. The van der Waals surface area contributed by atoms with Crippen molar-refractivity contribution in [1.82, 2.24) is 0 Å². The molecule has 0 spiro atoms. The lowest BCUT2D eigenvalue weighted by molar-refractivity contribution is -0.425. The van der Waals surface area contributed by atoms with Crippen LogP contribution in [0.4, 0.5) is 0 Å². The number of benzene rings is 2. The Bertz CT molecular complexity index is 606. The summed E-state index contributed by atoms with van der Waals surface area (Å²) in [6.45, 7) is 0. The predicted octanol–water partition coefficient (Wildman–Crippen LogP) is 3.25. The average molecular weight is 255 g/mol. The number of para-hydroxylation sites is 1. The van der Waals surface area contributed by atoms with Gasteiger partial charge in [0.25, 0.3) is 5.70 Å². The van der Waals surface area contributed by atoms with Gasteiger partial charge in [-0.25, -0.2) is 0 Å². The number of nitro groups is 1. The van der Waals surface area contributed by atoms with Gasteiger partial charge in [0.2, 0.25) is 0 Å². The van der Waals surface area contributed by atoms with Gasteiger partial charge in [0.1, 0.15) is 5.75 Å². The smallest absolute Gasteiger partial charge is 0.251 e. The highest BCUT2D eigenvalue weighted by atomic mass is 16.6. The molecule has 2 rings (SSSR count). The van der Waals surface area contributed by atoms with Gasteiger partial charge >= 0.3 is 0 Å². The highest BCUT2D eigenvalue weighted by molar-refractivity contribution is 5.58. The van der Waals surface area contributed by atoms with Gasteiger partial charge in [0.15, 0.2) is 0 Å². The maximum Gasteiger partial charge on any atom is 0.251 e. The topological polar surface area (TPSA) is 63.4 Å². The van der Waals surface area contributed by atoms with Crippen molar-refractivity contribution in [3.05, 3.63) is 81.5 Å². The largest absolute Gasteiger partial charge is 0.507 e. The van der Waals surface area contributed by atoms with Crippen LogP contribution in [0.15, 0.2) is 60.3 Å². The number of nitrogens with zero attached hydrogens (tertiary/aromatic N) is 1. The molecule has 19 heavy (non-hydrogen) atoms. The number of rotatable bonds is 4. The second-order valence-electron chi connectivity index (χ2n) is 4.11. The summed E-state index contributed by atoms with van der Waals surface area (Å²) in [4.78, 5) is 10.7. The van der Waals surface area contributed by atoms with Crippen LogP contribution in [0.5, 0.6) is 5.75 Å². The highest BCUT2D eigenvalue weighted by Crippen LogP contribution is 2.20. The minimum atomic E-state index is -0.417.